The molecule has 0 bridgehead atoms. The second-order valence-electron chi connectivity index (χ2n) is 7.36. The quantitative estimate of drug-likeness (QED) is 0.769. The molecule has 0 spiro atoms. The molecule has 2 aliphatic heterocycles. The van der Waals surface area contributed by atoms with Crippen LogP contribution in [0.15, 0.2) is 43.2 Å². The molecule has 138 valence electrons. The Labute approximate surface area is 158 Å². The molecule has 2 aliphatic rings. The smallest absolute Gasteiger partial charge is 0.163 e. The van der Waals surface area contributed by atoms with Gasteiger partial charge in [0.15, 0.2) is 5.82 Å². The number of piperidine rings is 1. The van der Waals surface area contributed by atoms with Gasteiger partial charge in [-0.15, -0.1) is 0 Å². The highest BCUT2D eigenvalue weighted by atomic mass is 15.2. The molecule has 0 saturated carbocycles. The molecule has 3 aromatic rings. The van der Waals surface area contributed by atoms with E-state index in [-0.39, 0.29) is 0 Å². The summed E-state index contributed by atoms with van der Waals surface area (Å²) < 4.78 is 2.18. The normalized spacial score (nSPS) is 19.3. The Balaban J connectivity index is 1.46. The minimum Gasteiger partial charge on any atom is -0.356 e. The average Bonchev–Trinajstić information content (AvgIpc) is 3.40. The number of rotatable bonds is 4. The topological polar surface area (TPSA) is 71.8 Å². The van der Waals surface area contributed by atoms with Crippen LogP contribution in [0.5, 0.6) is 0 Å². The predicted molar refractivity (Wildman–Crippen MR) is 103 cm³/mol. The predicted octanol–water partition coefficient (Wildman–Crippen LogP) is 2.25. The molecule has 0 radical (unpaired) electrons. The van der Waals surface area contributed by atoms with Crippen molar-refractivity contribution in [3.05, 3.63) is 54.5 Å². The molecular weight excluding hydrogens is 338 g/mol. The van der Waals surface area contributed by atoms with Crippen LogP contribution in [-0.2, 0) is 19.6 Å². The van der Waals surface area contributed by atoms with E-state index < -0.39 is 0 Å². The van der Waals surface area contributed by atoms with Gasteiger partial charge in [0.25, 0.3) is 0 Å². The summed E-state index contributed by atoms with van der Waals surface area (Å²) in [4.78, 5) is 20.7. The largest absolute Gasteiger partial charge is 0.356 e. The van der Waals surface area contributed by atoms with Crippen molar-refractivity contribution in [3.8, 4) is 11.4 Å². The van der Waals surface area contributed by atoms with E-state index >= 15 is 0 Å². The second kappa shape index (κ2) is 7.08. The van der Waals surface area contributed by atoms with Gasteiger partial charge in [0.05, 0.1) is 12.0 Å². The molecule has 5 heterocycles. The summed E-state index contributed by atoms with van der Waals surface area (Å²) >= 11 is 0. The number of pyridine rings is 1. The number of hydrogen-bond donors (Lipinski definition) is 1. The summed E-state index contributed by atoms with van der Waals surface area (Å²) in [7, 11) is 0. The zero-order valence-electron chi connectivity index (χ0n) is 15.3. The lowest BCUT2D eigenvalue weighted by Gasteiger charge is -2.34. The zero-order valence-corrected chi connectivity index (χ0v) is 15.3. The summed E-state index contributed by atoms with van der Waals surface area (Å²) in [5, 5.41) is 3.44. The standard InChI is InChI=1S/C20H23N7/c1-4-16(9-21-5-1)19-24-18-11-23-10-17(18)20(25-19)27-7-2-3-15(13-27)12-26-8-6-22-14-26/h1,4-6,8-9,14-15,23H,2-3,7,10-13H2/t15-/m1/s1. The number of nitrogens with zero attached hydrogens (tertiary/aromatic N) is 6. The van der Waals surface area contributed by atoms with Gasteiger partial charge in [-0.05, 0) is 30.9 Å². The van der Waals surface area contributed by atoms with E-state index in [0.717, 1.165) is 55.6 Å². The van der Waals surface area contributed by atoms with Crippen LogP contribution in [0.25, 0.3) is 11.4 Å². The molecule has 1 saturated heterocycles. The SMILES string of the molecule is c1cncc(-c2nc3c(c(N4CCC[C@H](Cn5ccnc5)C4)n2)CNC3)c1. The van der Waals surface area contributed by atoms with Gasteiger partial charge in [-0.1, -0.05) is 0 Å². The van der Waals surface area contributed by atoms with Gasteiger partial charge in [-0.3, -0.25) is 4.98 Å². The minimum atomic E-state index is 0.606. The average molecular weight is 361 g/mol. The maximum Gasteiger partial charge on any atom is 0.163 e. The van der Waals surface area contributed by atoms with Crippen LogP contribution < -0.4 is 10.2 Å². The first-order valence-electron chi connectivity index (χ1n) is 9.58. The van der Waals surface area contributed by atoms with E-state index in [4.69, 9.17) is 9.97 Å². The fourth-order valence-electron chi connectivity index (χ4n) is 4.14. The molecule has 0 unspecified atom stereocenters. The summed E-state index contributed by atoms with van der Waals surface area (Å²) in [5.41, 5.74) is 3.35. The molecule has 1 atom stereocenters. The Kier molecular flexibility index (Phi) is 4.29. The van der Waals surface area contributed by atoms with Crippen LogP contribution in [0.2, 0.25) is 0 Å². The number of hydrogen-bond acceptors (Lipinski definition) is 6. The first-order chi connectivity index (χ1) is 13.4. The van der Waals surface area contributed by atoms with Crippen LogP contribution in [0, 0.1) is 5.92 Å². The van der Waals surface area contributed by atoms with Crippen molar-refractivity contribution in [2.24, 2.45) is 5.92 Å². The van der Waals surface area contributed by atoms with Crippen LogP contribution in [-0.4, -0.2) is 37.6 Å². The van der Waals surface area contributed by atoms with Crippen molar-refractivity contribution >= 4 is 5.82 Å². The van der Waals surface area contributed by atoms with Gasteiger partial charge < -0.3 is 14.8 Å². The fourth-order valence-corrected chi connectivity index (χ4v) is 4.14. The Bertz CT molecular complexity index is 908. The monoisotopic (exact) mass is 361 g/mol. The fraction of sp³-hybridized carbons (Fsp3) is 0.400. The molecule has 5 rings (SSSR count). The van der Waals surface area contributed by atoms with Crippen LogP contribution in [0.1, 0.15) is 24.1 Å². The molecule has 1 fully saturated rings. The van der Waals surface area contributed by atoms with Gasteiger partial charge in [0.1, 0.15) is 5.82 Å². The van der Waals surface area contributed by atoms with Crippen molar-refractivity contribution in [1.82, 2.24) is 29.8 Å². The van der Waals surface area contributed by atoms with E-state index in [1.54, 1.807) is 6.20 Å². The van der Waals surface area contributed by atoms with Crippen molar-refractivity contribution in [1.29, 1.82) is 0 Å². The van der Waals surface area contributed by atoms with E-state index in [2.05, 4.69) is 24.8 Å². The van der Waals surface area contributed by atoms with Gasteiger partial charge in [0.2, 0.25) is 0 Å². The number of nitrogens with one attached hydrogen (secondary N) is 1. The summed E-state index contributed by atoms with van der Waals surface area (Å²) in [6.07, 6.45) is 11.9. The lowest BCUT2D eigenvalue weighted by Crippen LogP contribution is -2.38. The van der Waals surface area contributed by atoms with Crippen LogP contribution in [0.4, 0.5) is 5.82 Å². The van der Waals surface area contributed by atoms with E-state index in [9.17, 15) is 0 Å². The van der Waals surface area contributed by atoms with Gasteiger partial charge >= 0.3 is 0 Å². The van der Waals surface area contributed by atoms with Gasteiger partial charge in [0, 0.05) is 68.6 Å². The molecule has 0 amide bonds. The van der Waals surface area contributed by atoms with Gasteiger partial charge in [-0.25, -0.2) is 15.0 Å². The van der Waals surface area contributed by atoms with Crippen LogP contribution in [0.3, 0.4) is 0 Å². The number of anilines is 1. The highest BCUT2D eigenvalue weighted by Crippen LogP contribution is 2.31. The third kappa shape index (κ3) is 3.30. The maximum atomic E-state index is 4.99. The van der Waals surface area contributed by atoms with Crippen molar-refractivity contribution in [3.63, 3.8) is 0 Å². The Morgan fingerprint density at radius 1 is 1.15 bits per heavy atom. The molecule has 0 aliphatic carbocycles. The lowest BCUT2D eigenvalue weighted by atomic mass is 9.97. The second-order valence-corrected chi connectivity index (χ2v) is 7.36. The number of fused-ring (bicyclic) bond motifs is 1. The molecule has 0 aromatic carbocycles. The Morgan fingerprint density at radius 2 is 2.15 bits per heavy atom. The minimum absolute atomic E-state index is 0.606. The molecule has 3 aromatic heterocycles. The third-order valence-electron chi connectivity index (χ3n) is 5.43. The first-order valence-corrected chi connectivity index (χ1v) is 9.58. The summed E-state index contributed by atoms with van der Waals surface area (Å²) in [6.45, 7) is 4.74. The van der Waals surface area contributed by atoms with E-state index in [0.29, 0.717) is 5.92 Å². The van der Waals surface area contributed by atoms with Crippen molar-refractivity contribution in [2.75, 3.05) is 18.0 Å². The van der Waals surface area contributed by atoms with Crippen molar-refractivity contribution < 1.29 is 0 Å². The molecular formula is C20H23N7. The molecule has 1 N–H and O–H groups in total. The van der Waals surface area contributed by atoms with Crippen LogP contribution >= 0.6 is 0 Å². The summed E-state index contributed by atoms with van der Waals surface area (Å²) in [6, 6.07) is 3.96. The maximum absolute atomic E-state index is 4.99. The Morgan fingerprint density at radius 3 is 3.00 bits per heavy atom. The Hall–Kier alpha value is -2.80. The third-order valence-corrected chi connectivity index (χ3v) is 5.43. The molecule has 7 heteroatoms. The number of imidazole rings is 1. The summed E-state index contributed by atoms with van der Waals surface area (Å²) in [5.74, 6) is 2.48. The lowest BCUT2D eigenvalue weighted by molar-refractivity contribution is 0.365. The van der Waals surface area contributed by atoms with E-state index in [1.165, 1.54) is 18.4 Å². The molecule has 7 nitrogen and oxygen atoms in total. The highest BCUT2D eigenvalue weighted by Gasteiger charge is 2.27. The highest BCUT2D eigenvalue weighted by molar-refractivity contribution is 5.60. The van der Waals surface area contributed by atoms with E-state index in [1.807, 2.05) is 37.1 Å². The zero-order chi connectivity index (χ0) is 18.1. The van der Waals surface area contributed by atoms with Gasteiger partial charge in [-0.2, -0.15) is 0 Å². The first kappa shape index (κ1) is 16.4. The number of aromatic nitrogens is 5. The molecule has 27 heavy (non-hydrogen) atoms. The van der Waals surface area contributed by atoms with Crippen molar-refractivity contribution in [2.45, 2.75) is 32.5 Å².